The van der Waals surface area contributed by atoms with E-state index in [2.05, 4.69) is 10.2 Å². The van der Waals surface area contributed by atoms with Crippen molar-refractivity contribution in [2.24, 2.45) is 5.73 Å². The van der Waals surface area contributed by atoms with Crippen LogP contribution in [0.2, 0.25) is 0 Å². The Morgan fingerprint density at radius 2 is 2.29 bits per heavy atom. The Balaban J connectivity index is 2.00. The zero-order valence-electron chi connectivity index (χ0n) is 8.11. The van der Waals surface area contributed by atoms with E-state index in [-0.39, 0.29) is 0 Å². The molecule has 2 rings (SSSR count). The minimum atomic E-state index is 0.604. The number of hydrogen-bond donors (Lipinski definition) is 1. The molecular weight excluding hydrogens is 214 g/mol. The SMILES string of the molecule is NCCc1nnc(C2CCCCS2)s1. The van der Waals surface area contributed by atoms with Crippen molar-refractivity contribution >= 4 is 23.1 Å². The predicted molar refractivity (Wildman–Crippen MR) is 61.7 cm³/mol. The van der Waals surface area contributed by atoms with Crippen molar-refractivity contribution in [2.45, 2.75) is 30.9 Å². The van der Waals surface area contributed by atoms with E-state index in [0.29, 0.717) is 11.8 Å². The number of aromatic nitrogens is 2. The average molecular weight is 229 g/mol. The average Bonchev–Trinajstić information content (AvgIpc) is 2.68. The Kier molecular flexibility index (Phi) is 3.78. The molecule has 0 amide bonds. The van der Waals surface area contributed by atoms with E-state index < -0.39 is 0 Å². The quantitative estimate of drug-likeness (QED) is 0.861. The monoisotopic (exact) mass is 229 g/mol. The molecule has 5 heteroatoms. The summed E-state index contributed by atoms with van der Waals surface area (Å²) in [6.07, 6.45) is 4.83. The van der Waals surface area contributed by atoms with Crippen LogP contribution in [0.15, 0.2) is 0 Å². The lowest BCUT2D eigenvalue weighted by molar-refractivity contribution is 0.678. The smallest absolute Gasteiger partial charge is 0.130 e. The maximum Gasteiger partial charge on any atom is 0.130 e. The Bertz CT molecular complexity index is 281. The molecule has 1 aliphatic heterocycles. The number of thioether (sulfide) groups is 1. The second-order valence-corrected chi connectivity index (χ2v) is 5.83. The number of nitrogens with two attached hydrogens (primary N) is 1. The van der Waals surface area contributed by atoms with Gasteiger partial charge in [-0.2, -0.15) is 11.8 Å². The van der Waals surface area contributed by atoms with E-state index in [1.54, 1.807) is 11.3 Å². The molecule has 0 bridgehead atoms. The number of hydrogen-bond acceptors (Lipinski definition) is 5. The fraction of sp³-hybridized carbons (Fsp3) is 0.778. The molecule has 0 aliphatic carbocycles. The Morgan fingerprint density at radius 3 is 3.00 bits per heavy atom. The van der Waals surface area contributed by atoms with Crippen LogP contribution >= 0.6 is 23.1 Å². The van der Waals surface area contributed by atoms with Crippen LogP contribution in [0.4, 0.5) is 0 Å². The van der Waals surface area contributed by atoms with Crippen LogP contribution in [0.3, 0.4) is 0 Å². The zero-order chi connectivity index (χ0) is 9.80. The van der Waals surface area contributed by atoms with Crippen LogP contribution in [-0.2, 0) is 6.42 Å². The summed E-state index contributed by atoms with van der Waals surface area (Å²) in [7, 11) is 0. The van der Waals surface area contributed by atoms with E-state index in [1.807, 2.05) is 11.8 Å². The Morgan fingerprint density at radius 1 is 1.36 bits per heavy atom. The summed E-state index contributed by atoms with van der Waals surface area (Å²) in [5.74, 6) is 1.27. The molecule has 1 aromatic rings. The van der Waals surface area contributed by atoms with Crippen LogP contribution in [0.25, 0.3) is 0 Å². The van der Waals surface area contributed by atoms with Crippen molar-refractivity contribution < 1.29 is 0 Å². The summed E-state index contributed by atoms with van der Waals surface area (Å²) in [4.78, 5) is 0. The minimum Gasteiger partial charge on any atom is -0.330 e. The summed E-state index contributed by atoms with van der Waals surface area (Å²) in [6, 6.07) is 0. The standard InChI is InChI=1S/C9H15N3S2/c10-5-4-8-11-12-9(14-8)7-3-1-2-6-13-7/h7H,1-6,10H2. The van der Waals surface area contributed by atoms with Gasteiger partial charge in [-0.3, -0.25) is 0 Å². The summed E-state index contributed by atoms with van der Waals surface area (Å²) in [6.45, 7) is 0.673. The molecule has 1 aromatic heterocycles. The van der Waals surface area contributed by atoms with Gasteiger partial charge in [-0.1, -0.05) is 6.42 Å². The lowest BCUT2D eigenvalue weighted by Gasteiger charge is -2.17. The molecule has 2 N–H and O–H groups in total. The molecule has 1 atom stereocenters. The van der Waals surface area contributed by atoms with Crippen molar-refractivity contribution in [1.29, 1.82) is 0 Å². The third kappa shape index (κ3) is 2.46. The maximum atomic E-state index is 5.48. The Labute approximate surface area is 92.5 Å². The lowest BCUT2D eigenvalue weighted by atomic mass is 10.2. The molecule has 1 aliphatic rings. The molecule has 1 fully saturated rings. The largest absolute Gasteiger partial charge is 0.330 e. The normalized spacial score (nSPS) is 22.5. The van der Waals surface area contributed by atoms with Gasteiger partial charge in [0.1, 0.15) is 10.0 Å². The fourth-order valence-electron chi connectivity index (χ4n) is 1.56. The molecule has 78 valence electrons. The van der Waals surface area contributed by atoms with Gasteiger partial charge in [0.15, 0.2) is 0 Å². The summed E-state index contributed by atoms with van der Waals surface area (Å²) >= 11 is 3.77. The van der Waals surface area contributed by atoms with Gasteiger partial charge < -0.3 is 5.73 Å². The van der Waals surface area contributed by atoms with E-state index in [4.69, 9.17) is 5.73 Å². The maximum absolute atomic E-state index is 5.48. The van der Waals surface area contributed by atoms with E-state index in [9.17, 15) is 0 Å². The summed E-state index contributed by atoms with van der Waals surface area (Å²) in [5.41, 5.74) is 5.48. The van der Waals surface area contributed by atoms with E-state index >= 15 is 0 Å². The van der Waals surface area contributed by atoms with Gasteiger partial charge in [0, 0.05) is 6.42 Å². The first-order valence-corrected chi connectivity index (χ1v) is 6.90. The molecular formula is C9H15N3S2. The molecule has 0 aromatic carbocycles. The third-order valence-electron chi connectivity index (χ3n) is 2.30. The topological polar surface area (TPSA) is 51.8 Å². The second kappa shape index (κ2) is 5.09. The van der Waals surface area contributed by atoms with Gasteiger partial charge in [-0.05, 0) is 25.1 Å². The van der Waals surface area contributed by atoms with Crippen molar-refractivity contribution in [3.05, 3.63) is 10.0 Å². The third-order valence-corrected chi connectivity index (χ3v) is 4.93. The van der Waals surface area contributed by atoms with Crippen molar-refractivity contribution in [1.82, 2.24) is 10.2 Å². The zero-order valence-corrected chi connectivity index (χ0v) is 9.74. The van der Waals surface area contributed by atoms with E-state index in [1.165, 1.54) is 30.0 Å². The molecule has 2 heterocycles. The minimum absolute atomic E-state index is 0.604. The molecule has 0 radical (unpaired) electrons. The summed E-state index contributed by atoms with van der Waals surface area (Å²) in [5, 5.41) is 11.3. The van der Waals surface area contributed by atoms with Crippen molar-refractivity contribution in [3.63, 3.8) is 0 Å². The fourth-order valence-corrected chi connectivity index (χ4v) is 3.96. The van der Waals surface area contributed by atoms with Crippen molar-refractivity contribution in [2.75, 3.05) is 12.3 Å². The highest BCUT2D eigenvalue weighted by Gasteiger charge is 2.19. The highest BCUT2D eigenvalue weighted by molar-refractivity contribution is 7.99. The molecule has 1 unspecified atom stereocenters. The van der Waals surface area contributed by atoms with Crippen LogP contribution in [0.5, 0.6) is 0 Å². The first-order valence-electron chi connectivity index (χ1n) is 5.04. The van der Waals surface area contributed by atoms with Gasteiger partial charge in [-0.15, -0.1) is 21.5 Å². The van der Waals surface area contributed by atoms with E-state index in [0.717, 1.165) is 11.4 Å². The van der Waals surface area contributed by atoms with Crippen LogP contribution in [-0.4, -0.2) is 22.5 Å². The highest BCUT2D eigenvalue weighted by atomic mass is 32.2. The molecule has 0 spiro atoms. The first kappa shape index (κ1) is 10.4. The molecule has 0 saturated carbocycles. The van der Waals surface area contributed by atoms with Gasteiger partial charge in [0.2, 0.25) is 0 Å². The number of nitrogens with zero attached hydrogens (tertiary/aromatic N) is 2. The van der Waals surface area contributed by atoms with Crippen molar-refractivity contribution in [3.8, 4) is 0 Å². The van der Waals surface area contributed by atoms with Gasteiger partial charge in [-0.25, -0.2) is 0 Å². The van der Waals surface area contributed by atoms with Gasteiger partial charge in [0.05, 0.1) is 5.25 Å². The number of rotatable bonds is 3. The highest BCUT2D eigenvalue weighted by Crippen LogP contribution is 2.39. The van der Waals surface area contributed by atoms with Crippen LogP contribution in [0, 0.1) is 0 Å². The van der Waals surface area contributed by atoms with Gasteiger partial charge in [0.25, 0.3) is 0 Å². The van der Waals surface area contributed by atoms with Gasteiger partial charge >= 0.3 is 0 Å². The predicted octanol–water partition coefficient (Wildman–Crippen LogP) is 2.00. The second-order valence-electron chi connectivity index (χ2n) is 3.43. The first-order chi connectivity index (χ1) is 6.90. The molecule has 1 saturated heterocycles. The summed E-state index contributed by atoms with van der Waals surface area (Å²) < 4.78 is 0. The van der Waals surface area contributed by atoms with Crippen LogP contribution in [0.1, 0.15) is 34.5 Å². The van der Waals surface area contributed by atoms with Crippen LogP contribution < -0.4 is 5.73 Å². The molecule has 14 heavy (non-hydrogen) atoms. The Hall–Kier alpha value is -0.130. The lowest BCUT2D eigenvalue weighted by Crippen LogP contribution is -2.01. The molecule has 3 nitrogen and oxygen atoms in total.